The molecule has 2 aromatic carbocycles. The minimum atomic E-state index is -0.245. The summed E-state index contributed by atoms with van der Waals surface area (Å²) in [6.45, 7) is 2.10. The number of nitrogens with one attached hydrogen (secondary N) is 2. The molecule has 24 heavy (non-hydrogen) atoms. The van der Waals surface area contributed by atoms with E-state index < -0.39 is 0 Å². The number of halogens is 2. The number of hydrogen-bond donors (Lipinski definition) is 2. The monoisotopic (exact) mass is 405 g/mol. The largest absolute Gasteiger partial charge is 0.303 e. The molecule has 4 atom stereocenters. The molecule has 2 N–H and O–H groups in total. The average molecular weight is 407 g/mol. The van der Waals surface area contributed by atoms with E-state index >= 15 is 0 Å². The van der Waals surface area contributed by atoms with E-state index in [2.05, 4.69) is 33.7 Å². The molecule has 0 saturated carbocycles. The summed E-state index contributed by atoms with van der Waals surface area (Å²) < 4.78 is 0.987. The molecule has 2 saturated heterocycles. The van der Waals surface area contributed by atoms with E-state index in [0.29, 0.717) is 5.02 Å². The Morgan fingerprint density at radius 1 is 1.08 bits per heavy atom. The Kier molecular flexibility index (Phi) is 4.12. The molecule has 0 spiro atoms. The van der Waals surface area contributed by atoms with Crippen LogP contribution in [0.3, 0.4) is 0 Å². The summed E-state index contributed by atoms with van der Waals surface area (Å²) in [6, 6.07) is 15.4. The summed E-state index contributed by atoms with van der Waals surface area (Å²) in [4.78, 5) is 15.0. The van der Waals surface area contributed by atoms with Crippen molar-refractivity contribution in [3.8, 4) is 0 Å². The predicted molar refractivity (Wildman–Crippen MR) is 98.8 cm³/mol. The first-order valence-corrected chi connectivity index (χ1v) is 9.09. The molecule has 6 heteroatoms. The van der Waals surface area contributed by atoms with Crippen molar-refractivity contribution in [3.05, 3.63) is 63.6 Å². The van der Waals surface area contributed by atoms with Crippen LogP contribution in [0.15, 0.2) is 53.0 Å². The number of amides is 1. The zero-order valence-electron chi connectivity index (χ0n) is 13.0. The van der Waals surface area contributed by atoms with Crippen LogP contribution < -0.4 is 15.8 Å². The molecule has 4 unspecified atom stereocenters. The first kappa shape index (κ1) is 16.1. The van der Waals surface area contributed by atoms with Gasteiger partial charge >= 0.3 is 0 Å². The van der Waals surface area contributed by atoms with Crippen LogP contribution in [0, 0.1) is 5.92 Å². The number of hydrazine groups is 1. The lowest BCUT2D eigenvalue weighted by atomic mass is 9.87. The van der Waals surface area contributed by atoms with Crippen molar-refractivity contribution >= 4 is 39.1 Å². The maximum Gasteiger partial charge on any atom is 0.246 e. The summed E-state index contributed by atoms with van der Waals surface area (Å²) in [5.41, 5.74) is 8.23. The fourth-order valence-corrected chi connectivity index (χ4v) is 4.31. The predicted octanol–water partition coefficient (Wildman–Crippen LogP) is 3.67. The smallest absolute Gasteiger partial charge is 0.246 e. The summed E-state index contributed by atoms with van der Waals surface area (Å²) >= 11 is 9.93. The maximum absolute atomic E-state index is 13.1. The van der Waals surface area contributed by atoms with Crippen molar-refractivity contribution in [2.45, 2.75) is 25.0 Å². The third-order valence-electron chi connectivity index (χ3n) is 4.90. The minimum absolute atomic E-state index is 0.0732. The van der Waals surface area contributed by atoms with Crippen LogP contribution in [0.1, 0.15) is 18.5 Å². The number of anilines is 1. The molecule has 0 aromatic heterocycles. The van der Waals surface area contributed by atoms with E-state index in [-0.39, 0.29) is 30.0 Å². The van der Waals surface area contributed by atoms with E-state index in [1.807, 2.05) is 53.4 Å². The number of nitrogens with zero attached hydrogens (tertiary/aromatic N) is 1. The summed E-state index contributed by atoms with van der Waals surface area (Å²) in [7, 11) is 0. The molecule has 4 rings (SSSR count). The highest BCUT2D eigenvalue weighted by atomic mass is 79.9. The first-order valence-electron chi connectivity index (χ1n) is 7.92. The van der Waals surface area contributed by atoms with Crippen LogP contribution in [-0.2, 0) is 4.79 Å². The summed E-state index contributed by atoms with van der Waals surface area (Å²) in [5.74, 6) is 0.185. The van der Waals surface area contributed by atoms with Crippen molar-refractivity contribution in [1.82, 2.24) is 10.9 Å². The van der Waals surface area contributed by atoms with E-state index in [0.717, 1.165) is 15.7 Å². The molecule has 4 nitrogen and oxygen atoms in total. The molecule has 0 aliphatic carbocycles. The van der Waals surface area contributed by atoms with Crippen LogP contribution in [0.2, 0.25) is 5.02 Å². The van der Waals surface area contributed by atoms with Crippen LogP contribution in [-0.4, -0.2) is 18.0 Å². The molecule has 1 amide bonds. The maximum atomic E-state index is 13.1. The van der Waals surface area contributed by atoms with Crippen LogP contribution in [0.25, 0.3) is 0 Å². The van der Waals surface area contributed by atoms with Gasteiger partial charge in [-0.3, -0.25) is 10.2 Å². The van der Waals surface area contributed by atoms with Gasteiger partial charge in [0.1, 0.15) is 6.04 Å². The van der Waals surface area contributed by atoms with Crippen molar-refractivity contribution in [2.75, 3.05) is 4.90 Å². The van der Waals surface area contributed by atoms with Crippen LogP contribution in [0.5, 0.6) is 0 Å². The van der Waals surface area contributed by atoms with E-state index in [9.17, 15) is 4.79 Å². The highest BCUT2D eigenvalue weighted by molar-refractivity contribution is 9.10. The number of carbonyl (C=O) groups is 1. The number of benzene rings is 2. The van der Waals surface area contributed by atoms with E-state index in [1.165, 1.54) is 0 Å². The highest BCUT2D eigenvalue weighted by Gasteiger charge is 2.54. The topological polar surface area (TPSA) is 44.4 Å². The highest BCUT2D eigenvalue weighted by Crippen LogP contribution is 2.46. The van der Waals surface area contributed by atoms with Crippen LogP contribution >= 0.6 is 27.5 Å². The van der Waals surface area contributed by atoms with Gasteiger partial charge in [-0.1, -0.05) is 45.7 Å². The van der Waals surface area contributed by atoms with Gasteiger partial charge < -0.3 is 4.90 Å². The Hall–Kier alpha value is -1.40. The molecular formula is C18H17BrClN3O. The van der Waals surface area contributed by atoms with Crippen LogP contribution in [0.4, 0.5) is 5.69 Å². The molecule has 124 valence electrons. The van der Waals surface area contributed by atoms with Gasteiger partial charge in [0.05, 0.1) is 6.04 Å². The summed E-state index contributed by atoms with van der Waals surface area (Å²) in [6.07, 6.45) is 0. The zero-order valence-corrected chi connectivity index (χ0v) is 15.4. The molecule has 2 aliphatic heterocycles. The van der Waals surface area contributed by atoms with Gasteiger partial charge in [0.25, 0.3) is 0 Å². The van der Waals surface area contributed by atoms with Gasteiger partial charge in [-0.05, 0) is 42.8 Å². The number of carbonyl (C=O) groups excluding carboxylic acids is 1. The second-order valence-corrected chi connectivity index (χ2v) is 7.61. The normalized spacial score (nSPS) is 29.1. The molecular weight excluding hydrogens is 390 g/mol. The molecule has 0 bridgehead atoms. The number of rotatable bonds is 2. The van der Waals surface area contributed by atoms with E-state index in [4.69, 9.17) is 11.6 Å². The fraction of sp³-hybridized carbons (Fsp3) is 0.278. The number of hydrogen-bond acceptors (Lipinski definition) is 3. The second-order valence-electron chi connectivity index (χ2n) is 6.28. The first-order chi connectivity index (χ1) is 11.6. The molecule has 2 heterocycles. The fourth-order valence-electron chi connectivity index (χ4n) is 3.79. The lowest BCUT2D eigenvalue weighted by Gasteiger charge is -2.30. The van der Waals surface area contributed by atoms with Gasteiger partial charge in [0, 0.05) is 27.1 Å². The Labute approximate surface area is 154 Å². The van der Waals surface area contributed by atoms with Gasteiger partial charge in [-0.2, -0.15) is 0 Å². The van der Waals surface area contributed by atoms with Crippen molar-refractivity contribution in [3.63, 3.8) is 0 Å². The SMILES string of the molecule is CC1NNC2C(=O)N(c3ccc(Br)cc3)C(c3ccccc3Cl)C12. The lowest BCUT2D eigenvalue weighted by Crippen LogP contribution is -2.42. The standard InChI is InChI=1S/C18H17BrClN3O/c1-10-15-16(22-21-10)18(24)23(12-8-6-11(19)7-9-12)17(15)13-4-2-3-5-14(13)20/h2-10,15-17,21-22H,1H3. The van der Waals surface area contributed by atoms with Gasteiger partial charge in [0.2, 0.25) is 5.91 Å². The summed E-state index contributed by atoms with van der Waals surface area (Å²) in [5, 5.41) is 0.692. The van der Waals surface area contributed by atoms with Gasteiger partial charge in [-0.15, -0.1) is 0 Å². The quantitative estimate of drug-likeness (QED) is 0.800. The minimum Gasteiger partial charge on any atom is -0.303 e. The Morgan fingerprint density at radius 3 is 2.50 bits per heavy atom. The molecule has 2 aliphatic rings. The molecule has 2 aromatic rings. The van der Waals surface area contributed by atoms with E-state index in [1.54, 1.807) is 0 Å². The molecule has 0 radical (unpaired) electrons. The molecule has 2 fully saturated rings. The van der Waals surface area contributed by atoms with Gasteiger partial charge in [-0.25, -0.2) is 5.43 Å². The van der Waals surface area contributed by atoms with Crippen molar-refractivity contribution in [2.24, 2.45) is 5.92 Å². The third-order valence-corrected chi connectivity index (χ3v) is 5.78. The lowest BCUT2D eigenvalue weighted by molar-refractivity contribution is -0.119. The average Bonchev–Trinajstić information content (AvgIpc) is 3.08. The van der Waals surface area contributed by atoms with Crippen molar-refractivity contribution in [1.29, 1.82) is 0 Å². The number of fused-ring (bicyclic) bond motifs is 1. The second kappa shape index (κ2) is 6.15. The van der Waals surface area contributed by atoms with Gasteiger partial charge in [0.15, 0.2) is 0 Å². The Balaban J connectivity index is 1.85. The van der Waals surface area contributed by atoms with Crippen molar-refractivity contribution < 1.29 is 4.79 Å². The Bertz CT molecular complexity index is 782. The Morgan fingerprint density at radius 2 is 1.79 bits per heavy atom. The zero-order chi connectivity index (χ0) is 16.8. The third kappa shape index (κ3) is 2.47.